The Hall–Kier alpha value is -3.02. The lowest BCUT2D eigenvalue weighted by Gasteiger charge is -2.37. The highest BCUT2D eigenvalue weighted by atomic mass is 32.2. The van der Waals surface area contributed by atoms with Gasteiger partial charge in [0.1, 0.15) is 6.61 Å². The Bertz CT molecular complexity index is 1110. The van der Waals surface area contributed by atoms with Gasteiger partial charge in [0, 0.05) is 31.5 Å². The van der Waals surface area contributed by atoms with Crippen molar-refractivity contribution in [3.63, 3.8) is 0 Å². The number of methoxy groups -OCH3 is 3. The first kappa shape index (κ1) is 27.0. The Morgan fingerprint density at radius 2 is 2.05 bits per heavy atom. The number of carbonyl (C=O) groups excluding carboxylic acids is 2. The van der Waals surface area contributed by atoms with Crippen LogP contribution in [-0.2, 0) is 23.8 Å². The summed E-state index contributed by atoms with van der Waals surface area (Å²) in [4.78, 5) is 32.9. The normalized spacial score (nSPS) is 20.8. The number of carbonyl (C=O) groups is 2. The molecular weight excluding hydrogens is 498 g/mol. The number of amides is 1. The molecule has 1 aromatic carbocycles. The van der Waals surface area contributed by atoms with Gasteiger partial charge in [-0.3, -0.25) is 4.79 Å². The molecular formula is C26H33N3O7S. The van der Waals surface area contributed by atoms with Gasteiger partial charge in [0.2, 0.25) is 5.91 Å². The standard InChI is InChI=1S/C26H33N3O7S/c1-16-22(25(31)36-12-11-32-2)23(19-8-5-9-20(33-3)24(19)34-4)29-17(15-37-26(29)28-16)13-21(30)27-14-18-7-6-10-35-18/h5,8-9,15,18,23H,6-7,10-14H2,1-4H3,(H,27,30)/t18-,23-/m0/s1. The molecule has 0 spiro atoms. The van der Waals surface area contributed by atoms with Crippen molar-refractivity contribution in [1.82, 2.24) is 10.2 Å². The number of amidine groups is 1. The molecule has 11 heteroatoms. The molecule has 3 aliphatic heterocycles. The Kier molecular flexibility index (Phi) is 9.12. The van der Waals surface area contributed by atoms with Crippen LogP contribution in [0.3, 0.4) is 0 Å². The summed E-state index contributed by atoms with van der Waals surface area (Å²) >= 11 is 1.41. The second-order valence-corrected chi connectivity index (χ2v) is 9.56. The maximum atomic E-state index is 13.4. The van der Waals surface area contributed by atoms with E-state index in [1.165, 1.54) is 11.8 Å². The molecule has 1 aromatic rings. The van der Waals surface area contributed by atoms with E-state index in [0.717, 1.165) is 25.1 Å². The number of aliphatic imine (C=N–C) groups is 1. The van der Waals surface area contributed by atoms with E-state index < -0.39 is 12.0 Å². The Labute approximate surface area is 221 Å². The first-order chi connectivity index (χ1) is 18.0. The van der Waals surface area contributed by atoms with Gasteiger partial charge in [-0.2, -0.15) is 0 Å². The molecule has 0 aliphatic carbocycles. The Morgan fingerprint density at radius 3 is 2.76 bits per heavy atom. The van der Waals surface area contributed by atoms with Crippen LogP contribution in [0.15, 0.2) is 45.6 Å². The molecule has 0 aromatic heterocycles. The second kappa shape index (κ2) is 12.5. The van der Waals surface area contributed by atoms with Gasteiger partial charge >= 0.3 is 5.97 Å². The predicted molar refractivity (Wildman–Crippen MR) is 139 cm³/mol. The summed E-state index contributed by atoms with van der Waals surface area (Å²) in [5.41, 5.74) is 2.31. The van der Waals surface area contributed by atoms with Crippen LogP contribution in [0.2, 0.25) is 0 Å². The summed E-state index contributed by atoms with van der Waals surface area (Å²) in [5, 5.41) is 5.55. The highest BCUT2D eigenvalue weighted by Crippen LogP contribution is 2.48. The predicted octanol–water partition coefficient (Wildman–Crippen LogP) is 3.15. The van der Waals surface area contributed by atoms with E-state index in [0.29, 0.717) is 40.0 Å². The number of esters is 1. The van der Waals surface area contributed by atoms with Gasteiger partial charge in [-0.15, -0.1) is 0 Å². The molecule has 1 saturated heterocycles. The average molecular weight is 532 g/mol. The maximum absolute atomic E-state index is 13.4. The zero-order chi connectivity index (χ0) is 26.4. The Morgan fingerprint density at radius 1 is 1.22 bits per heavy atom. The fourth-order valence-corrected chi connectivity index (χ4v) is 5.57. The van der Waals surface area contributed by atoms with Crippen molar-refractivity contribution in [3.05, 3.63) is 46.1 Å². The van der Waals surface area contributed by atoms with Gasteiger partial charge in [0.15, 0.2) is 16.7 Å². The third-order valence-corrected chi connectivity index (χ3v) is 7.25. The molecule has 3 aliphatic rings. The molecule has 1 amide bonds. The van der Waals surface area contributed by atoms with E-state index in [1.807, 2.05) is 22.4 Å². The highest BCUT2D eigenvalue weighted by molar-refractivity contribution is 8.16. The van der Waals surface area contributed by atoms with E-state index in [-0.39, 0.29) is 31.6 Å². The third kappa shape index (κ3) is 5.94. The number of rotatable bonds is 11. The van der Waals surface area contributed by atoms with Crippen LogP contribution >= 0.6 is 11.8 Å². The summed E-state index contributed by atoms with van der Waals surface area (Å²) in [7, 11) is 4.66. The van der Waals surface area contributed by atoms with Crippen LogP contribution in [0.25, 0.3) is 0 Å². The first-order valence-electron chi connectivity index (χ1n) is 12.2. The number of hydrogen-bond donors (Lipinski definition) is 1. The van der Waals surface area contributed by atoms with Crippen LogP contribution in [0, 0.1) is 0 Å². The zero-order valence-corrected chi connectivity index (χ0v) is 22.4. The van der Waals surface area contributed by atoms with E-state index in [1.54, 1.807) is 34.3 Å². The van der Waals surface area contributed by atoms with Crippen molar-refractivity contribution >= 4 is 28.8 Å². The fraction of sp³-hybridized carbons (Fsp3) is 0.500. The van der Waals surface area contributed by atoms with Crippen molar-refractivity contribution < 1.29 is 33.3 Å². The minimum Gasteiger partial charge on any atom is -0.493 e. The Balaban J connectivity index is 1.67. The molecule has 3 heterocycles. The van der Waals surface area contributed by atoms with Crippen LogP contribution < -0.4 is 14.8 Å². The van der Waals surface area contributed by atoms with Crippen molar-refractivity contribution in [2.24, 2.45) is 4.99 Å². The lowest BCUT2D eigenvalue weighted by molar-refractivity contribution is -0.141. The lowest BCUT2D eigenvalue weighted by atomic mass is 9.92. The number of nitrogens with zero attached hydrogens (tertiary/aromatic N) is 2. The summed E-state index contributed by atoms with van der Waals surface area (Å²) in [6.07, 6.45) is 2.12. The second-order valence-electron chi connectivity index (χ2n) is 8.72. The number of para-hydroxylation sites is 1. The monoisotopic (exact) mass is 531 g/mol. The summed E-state index contributed by atoms with van der Waals surface area (Å²) in [6.45, 7) is 3.37. The van der Waals surface area contributed by atoms with E-state index in [2.05, 4.69) is 5.32 Å². The third-order valence-electron chi connectivity index (χ3n) is 6.36. The number of ether oxygens (including phenoxy) is 5. The van der Waals surface area contributed by atoms with Crippen molar-refractivity contribution in [3.8, 4) is 11.5 Å². The van der Waals surface area contributed by atoms with Gasteiger partial charge < -0.3 is 33.9 Å². The molecule has 1 N–H and O–H groups in total. The average Bonchev–Trinajstić information content (AvgIpc) is 3.56. The number of allylic oxidation sites excluding steroid dienone is 1. The molecule has 2 atom stereocenters. The number of fused-ring (bicyclic) bond motifs is 1. The van der Waals surface area contributed by atoms with Gasteiger partial charge in [-0.05, 0) is 31.2 Å². The van der Waals surface area contributed by atoms with Crippen LogP contribution in [0.4, 0.5) is 0 Å². The van der Waals surface area contributed by atoms with Crippen molar-refractivity contribution in [2.45, 2.75) is 38.3 Å². The summed E-state index contributed by atoms with van der Waals surface area (Å²) in [5.74, 6) is 0.382. The van der Waals surface area contributed by atoms with Gasteiger partial charge in [0.05, 0.1) is 50.7 Å². The lowest BCUT2D eigenvalue weighted by Crippen LogP contribution is -2.39. The zero-order valence-electron chi connectivity index (χ0n) is 21.6. The smallest absolute Gasteiger partial charge is 0.338 e. The minimum atomic E-state index is -0.639. The van der Waals surface area contributed by atoms with Crippen LogP contribution in [0.5, 0.6) is 11.5 Å². The van der Waals surface area contributed by atoms with Crippen molar-refractivity contribution in [2.75, 3.05) is 47.7 Å². The fourth-order valence-electron chi connectivity index (χ4n) is 4.61. The SMILES string of the molecule is COCCOC(=O)C1=C(C)N=C2SC=C(CC(=O)NC[C@@H]3CCCO3)N2[C@H]1c1cccc(OC)c1OC. The highest BCUT2D eigenvalue weighted by Gasteiger charge is 2.42. The molecule has 0 radical (unpaired) electrons. The first-order valence-corrected chi connectivity index (χ1v) is 13.1. The molecule has 0 bridgehead atoms. The van der Waals surface area contributed by atoms with Gasteiger partial charge in [0.25, 0.3) is 0 Å². The largest absolute Gasteiger partial charge is 0.493 e. The molecule has 0 unspecified atom stereocenters. The number of hydrogen-bond acceptors (Lipinski definition) is 10. The number of nitrogens with one attached hydrogen (secondary N) is 1. The molecule has 200 valence electrons. The molecule has 4 rings (SSSR count). The summed E-state index contributed by atoms with van der Waals surface area (Å²) in [6, 6.07) is 4.87. The molecule has 0 saturated carbocycles. The van der Waals surface area contributed by atoms with Gasteiger partial charge in [-0.1, -0.05) is 23.9 Å². The molecule has 10 nitrogen and oxygen atoms in total. The van der Waals surface area contributed by atoms with Crippen LogP contribution in [-0.4, -0.2) is 75.7 Å². The molecule has 37 heavy (non-hydrogen) atoms. The van der Waals surface area contributed by atoms with E-state index >= 15 is 0 Å². The number of benzene rings is 1. The number of thioether (sulfide) groups is 1. The van der Waals surface area contributed by atoms with Crippen LogP contribution in [0.1, 0.15) is 37.8 Å². The summed E-state index contributed by atoms with van der Waals surface area (Å²) < 4.78 is 27.5. The van der Waals surface area contributed by atoms with E-state index in [4.69, 9.17) is 28.7 Å². The maximum Gasteiger partial charge on any atom is 0.338 e. The molecule has 1 fully saturated rings. The minimum absolute atomic E-state index is 0.0517. The topological polar surface area (TPSA) is 108 Å². The van der Waals surface area contributed by atoms with Crippen molar-refractivity contribution in [1.29, 1.82) is 0 Å². The van der Waals surface area contributed by atoms with Gasteiger partial charge in [-0.25, -0.2) is 9.79 Å². The quantitative estimate of drug-likeness (QED) is 0.340. The van der Waals surface area contributed by atoms with E-state index in [9.17, 15) is 9.59 Å².